The fourth-order valence-corrected chi connectivity index (χ4v) is 3.95. The first-order chi connectivity index (χ1) is 14.7. The minimum Gasteiger partial charge on any atom is -0.503 e. The van der Waals surface area contributed by atoms with E-state index in [-0.39, 0.29) is 29.9 Å². The normalized spacial score (nSPS) is 22.6. The third kappa shape index (κ3) is 3.56. The number of rotatable bonds is 3. The Kier molecular flexibility index (Phi) is 5.26. The van der Waals surface area contributed by atoms with Gasteiger partial charge in [0.15, 0.2) is 11.4 Å². The number of carbonyl (C=O) groups is 2. The smallest absolute Gasteiger partial charge is 0.274 e. The summed E-state index contributed by atoms with van der Waals surface area (Å²) in [6, 6.07) is 2.27. The van der Waals surface area contributed by atoms with Crippen LogP contribution < -0.4 is 10.7 Å². The van der Waals surface area contributed by atoms with E-state index in [9.17, 15) is 28.3 Å². The van der Waals surface area contributed by atoms with Gasteiger partial charge in [-0.2, -0.15) is 0 Å². The maximum Gasteiger partial charge on any atom is 0.274 e. The van der Waals surface area contributed by atoms with Crippen molar-refractivity contribution in [3.63, 3.8) is 0 Å². The zero-order valence-corrected chi connectivity index (χ0v) is 16.9. The Hall–Kier alpha value is -3.27. The lowest BCUT2D eigenvalue weighted by atomic mass is 10.0. The molecule has 0 saturated carbocycles. The molecule has 10 heteroatoms. The number of pyridine rings is 1. The average Bonchev–Trinajstić information content (AvgIpc) is 2.85. The van der Waals surface area contributed by atoms with Gasteiger partial charge in [0.2, 0.25) is 5.43 Å². The molecule has 1 aromatic heterocycles. The van der Waals surface area contributed by atoms with E-state index in [4.69, 9.17) is 4.74 Å². The van der Waals surface area contributed by atoms with Gasteiger partial charge < -0.3 is 24.6 Å². The van der Waals surface area contributed by atoms with Gasteiger partial charge in [-0.25, -0.2) is 8.78 Å². The second kappa shape index (κ2) is 7.77. The number of aromatic nitrogens is 1. The van der Waals surface area contributed by atoms with Gasteiger partial charge in [0.1, 0.15) is 17.2 Å². The van der Waals surface area contributed by atoms with Crippen molar-refractivity contribution in [3.8, 4) is 5.75 Å². The van der Waals surface area contributed by atoms with Crippen molar-refractivity contribution >= 4 is 11.8 Å². The molecule has 2 bridgehead atoms. The minimum absolute atomic E-state index is 0.0302. The number of hydrogen-bond acceptors (Lipinski definition) is 5. The SMILES string of the molecule is C[C@@H]1CO[C@H](C)[C@H]2CN1C(=O)c1c(O)c(=O)c(C(=O)NCc3ccc(F)cc3F)cn12. The summed E-state index contributed by atoms with van der Waals surface area (Å²) in [5.41, 5.74) is -1.55. The molecule has 2 aliphatic heterocycles. The predicted octanol–water partition coefficient (Wildman–Crippen LogP) is 1.57. The van der Waals surface area contributed by atoms with Gasteiger partial charge in [-0.1, -0.05) is 6.07 Å². The summed E-state index contributed by atoms with van der Waals surface area (Å²) in [7, 11) is 0. The van der Waals surface area contributed by atoms with Crippen molar-refractivity contribution in [2.75, 3.05) is 13.2 Å². The number of aromatic hydroxyl groups is 1. The monoisotopic (exact) mass is 433 g/mol. The topological polar surface area (TPSA) is 101 Å². The van der Waals surface area contributed by atoms with Crippen LogP contribution in [0.5, 0.6) is 5.75 Å². The van der Waals surface area contributed by atoms with Crippen molar-refractivity contribution < 1.29 is 28.2 Å². The van der Waals surface area contributed by atoms with E-state index in [0.29, 0.717) is 19.2 Å². The molecule has 2 amide bonds. The Balaban J connectivity index is 1.69. The third-order valence-corrected chi connectivity index (χ3v) is 5.79. The molecule has 1 fully saturated rings. The van der Waals surface area contributed by atoms with Gasteiger partial charge in [-0.3, -0.25) is 14.4 Å². The Bertz CT molecular complexity index is 1130. The second-order valence-electron chi connectivity index (χ2n) is 7.81. The molecule has 1 saturated heterocycles. The lowest BCUT2D eigenvalue weighted by molar-refractivity contribution is 0.0400. The highest BCUT2D eigenvalue weighted by Gasteiger charge is 2.41. The van der Waals surface area contributed by atoms with E-state index >= 15 is 0 Å². The summed E-state index contributed by atoms with van der Waals surface area (Å²) in [5.74, 6) is -3.78. The molecule has 3 heterocycles. The zero-order valence-electron chi connectivity index (χ0n) is 16.9. The van der Waals surface area contributed by atoms with E-state index in [1.807, 2.05) is 13.8 Å². The van der Waals surface area contributed by atoms with Crippen LogP contribution in [-0.2, 0) is 11.3 Å². The van der Waals surface area contributed by atoms with Gasteiger partial charge in [-0.15, -0.1) is 0 Å². The first-order valence-electron chi connectivity index (χ1n) is 9.81. The number of fused-ring (bicyclic) bond motifs is 4. The summed E-state index contributed by atoms with van der Waals surface area (Å²) in [6.07, 6.45) is 0.883. The van der Waals surface area contributed by atoms with E-state index in [2.05, 4.69) is 5.32 Å². The minimum atomic E-state index is -1.00. The standard InChI is InChI=1S/C21H21F2N3O5/c1-10-9-31-11(2)16-8-25(10)21(30)17-19(28)18(27)14(7-26(16)17)20(29)24-6-12-3-4-13(22)5-15(12)23/h3-5,7,10-11,16,28H,6,8-9H2,1-2H3,(H,24,29)/t10-,11-,16-/m1/s1. The van der Waals surface area contributed by atoms with E-state index in [0.717, 1.165) is 6.07 Å². The molecular formula is C21H21F2N3O5. The van der Waals surface area contributed by atoms with E-state index in [1.165, 1.54) is 16.8 Å². The number of benzene rings is 1. The van der Waals surface area contributed by atoms with Crippen LogP contribution in [0.2, 0.25) is 0 Å². The van der Waals surface area contributed by atoms with E-state index < -0.39 is 46.2 Å². The van der Waals surface area contributed by atoms with Crippen LogP contribution in [0.3, 0.4) is 0 Å². The third-order valence-electron chi connectivity index (χ3n) is 5.79. The zero-order chi connectivity index (χ0) is 22.4. The lowest BCUT2D eigenvalue weighted by Gasteiger charge is -2.37. The number of ether oxygens (including phenoxy) is 1. The number of nitrogens with zero attached hydrogens (tertiary/aromatic N) is 2. The molecule has 2 N–H and O–H groups in total. The van der Waals surface area contributed by atoms with Gasteiger partial charge >= 0.3 is 0 Å². The van der Waals surface area contributed by atoms with Crippen LogP contribution in [0.15, 0.2) is 29.2 Å². The Morgan fingerprint density at radius 2 is 2.03 bits per heavy atom. The number of hydrogen-bond donors (Lipinski definition) is 2. The summed E-state index contributed by atoms with van der Waals surface area (Å²) in [4.78, 5) is 39.8. The molecule has 2 aliphatic rings. The molecule has 3 atom stereocenters. The van der Waals surface area contributed by atoms with Crippen molar-refractivity contribution in [2.45, 2.75) is 38.6 Å². The molecule has 0 spiro atoms. The molecule has 0 radical (unpaired) electrons. The highest BCUT2D eigenvalue weighted by molar-refractivity contribution is 5.99. The van der Waals surface area contributed by atoms with Crippen LogP contribution in [-0.4, -0.2) is 51.7 Å². The average molecular weight is 433 g/mol. The predicted molar refractivity (Wildman–Crippen MR) is 105 cm³/mol. The highest BCUT2D eigenvalue weighted by atomic mass is 19.1. The molecule has 31 heavy (non-hydrogen) atoms. The van der Waals surface area contributed by atoms with E-state index in [1.54, 1.807) is 4.90 Å². The summed E-state index contributed by atoms with van der Waals surface area (Å²) in [5, 5.41) is 12.9. The number of halogens is 2. The van der Waals surface area contributed by atoms with Crippen molar-refractivity contribution in [1.82, 2.24) is 14.8 Å². The quantitative estimate of drug-likeness (QED) is 0.765. The maximum absolute atomic E-state index is 13.8. The molecule has 0 unspecified atom stereocenters. The van der Waals surface area contributed by atoms with Crippen LogP contribution in [0.4, 0.5) is 8.78 Å². The Morgan fingerprint density at radius 1 is 1.29 bits per heavy atom. The molecule has 0 aliphatic carbocycles. The van der Waals surface area contributed by atoms with Crippen LogP contribution in [0, 0.1) is 11.6 Å². The Morgan fingerprint density at radius 3 is 2.74 bits per heavy atom. The summed E-state index contributed by atoms with van der Waals surface area (Å²) < 4.78 is 34.1. The summed E-state index contributed by atoms with van der Waals surface area (Å²) >= 11 is 0. The summed E-state index contributed by atoms with van der Waals surface area (Å²) in [6.45, 7) is 3.94. The molecule has 1 aromatic carbocycles. The molecule has 2 aromatic rings. The molecule has 164 valence electrons. The van der Waals surface area contributed by atoms with Crippen molar-refractivity contribution in [1.29, 1.82) is 0 Å². The van der Waals surface area contributed by atoms with Gasteiger partial charge in [0, 0.05) is 30.9 Å². The molecule has 4 rings (SSSR count). The van der Waals surface area contributed by atoms with Gasteiger partial charge in [0.05, 0.1) is 24.8 Å². The van der Waals surface area contributed by atoms with Crippen LogP contribution in [0.25, 0.3) is 0 Å². The number of carbonyl (C=O) groups excluding carboxylic acids is 2. The van der Waals surface area contributed by atoms with Crippen molar-refractivity contribution in [2.24, 2.45) is 0 Å². The highest BCUT2D eigenvalue weighted by Crippen LogP contribution is 2.32. The maximum atomic E-state index is 13.8. The Labute approximate surface area is 176 Å². The first-order valence-corrected chi connectivity index (χ1v) is 9.81. The van der Waals surface area contributed by atoms with Crippen LogP contribution >= 0.6 is 0 Å². The van der Waals surface area contributed by atoms with Gasteiger partial charge in [-0.05, 0) is 19.9 Å². The van der Waals surface area contributed by atoms with Gasteiger partial charge in [0.25, 0.3) is 11.8 Å². The largest absolute Gasteiger partial charge is 0.503 e. The fourth-order valence-electron chi connectivity index (χ4n) is 3.95. The first kappa shape index (κ1) is 21.0. The lowest BCUT2D eigenvalue weighted by Crippen LogP contribution is -2.49. The molecule has 8 nitrogen and oxygen atoms in total. The second-order valence-corrected chi connectivity index (χ2v) is 7.81. The number of amides is 2. The fraction of sp³-hybridized carbons (Fsp3) is 0.381. The molecular weight excluding hydrogens is 412 g/mol. The van der Waals surface area contributed by atoms with Crippen molar-refractivity contribution in [3.05, 3.63) is 63.1 Å². The van der Waals surface area contributed by atoms with Crippen LogP contribution in [0.1, 0.15) is 46.3 Å². The number of nitrogens with one attached hydrogen (secondary N) is 1.